The van der Waals surface area contributed by atoms with Crippen LogP contribution >= 0.6 is 11.6 Å². The SMILES string of the molecule is CN(Cc1ncon1)C(=O)[C@@H]1CCO[C@H]1c1ccc(Cl)c(F)c1. The summed E-state index contributed by atoms with van der Waals surface area (Å²) in [4.78, 5) is 18.1. The molecule has 122 valence electrons. The Morgan fingerprint density at radius 1 is 1.52 bits per heavy atom. The number of benzene rings is 1. The van der Waals surface area contributed by atoms with E-state index in [1.54, 1.807) is 13.1 Å². The summed E-state index contributed by atoms with van der Waals surface area (Å²) in [5.41, 5.74) is 0.607. The summed E-state index contributed by atoms with van der Waals surface area (Å²) in [6, 6.07) is 4.47. The highest BCUT2D eigenvalue weighted by atomic mass is 35.5. The zero-order valence-corrected chi connectivity index (χ0v) is 13.2. The van der Waals surface area contributed by atoms with E-state index >= 15 is 0 Å². The first-order valence-electron chi connectivity index (χ1n) is 7.13. The molecule has 0 aliphatic carbocycles. The van der Waals surface area contributed by atoms with Crippen molar-refractivity contribution in [3.8, 4) is 0 Å². The van der Waals surface area contributed by atoms with Gasteiger partial charge in [-0.05, 0) is 24.1 Å². The van der Waals surface area contributed by atoms with Crippen LogP contribution in [0.1, 0.15) is 23.9 Å². The van der Waals surface area contributed by atoms with Gasteiger partial charge in [-0.3, -0.25) is 4.79 Å². The Bertz CT molecular complexity index is 695. The fraction of sp³-hybridized carbons (Fsp3) is 0.400. The number of aromatic nitrogens is 2. The predicted molar refractivity (Wildman–Crippen MR) is 79.0 cm³/mol. The molecule has 0 unspecified atom stereocenters. The van der Waals surface area contributed by atoms with Gasteiger partial charge in [0.1, 0.15) is 5.82 Å². The summed E-state index contributed by atoms with van der Waals surface area (Å²) in [5, 5.41) is 3.73. The first-order valence-corrected chi connectivity index (χ1v) is 7.51. The molecule has 6 nitrogen and oxygen atoms in total. The Morgan fingerprint density at radius 2 is 2.35 bits per heavy atom. The first kappa shape index (κ1) is 15.9. The molecule has 0 radical (unpaired) electrons. The van der Waals surface area contributed by atoms with E-state index in [9.17, 15) is 9.18 Å². The van der Waals surface area contributed by atoms with Crippen LogP contribution in [0.3, 0.4) is 0 Å². The minimum absolute atomic E-state index is 0.0452. The number of nitrogens with zero attached hydrogens (tertiary/aromatic N) is 3. The molecule has 0 bridgehead atoms. The van der Waals surface area contributed by atoms with Crippen molar-refractivity contribution in [1.29, 1.82) is 0 Å². The van der Waals surface area contributed by atoms with Crippen molar-refractivity contribution in [1.82, 2.24) is 15.0 Å². The van der Waals surface area contributed by atoms with Crippen LogP contribution in [0.25, 0.3) is 0 Å². The van der Waals surface area contributed by atoms with Gasteiger partial charge >= 0.3 is 0 Å². The number of hydrogen-bond acceptors (Lipinski definition) is 5. The van der Waals surface area contributed by atoms with Crippen LogP contribution in [0, 0.1) is 11.7 Å². The summed E-state index contributed by atoms with van der Waals surface area (Å²) in [6.45, 7) is 0.689. The number of carbonyl (C=O) groups is 1. The van der Waals surface area contributed by atoms with Gasteiger partial charge in [0.15, 0.2) is 5.82 Å². The maximum Gasteiger partial charge on any atom is 0.228 e. The van der Waals surface area contributed by atoms with Crippen molar-refractivity contribution < 1.29 is 18.4 Å². The first-order chi connectivity index (χ1) is 11.1. The maximum absolute atomic E-state index is 13.7. The Labute approximate surface area is 137 Å². The molecule has 3 rings (SSSR count). The zero-order valence-electron chi connectivity index (χ0n) is 12.4. The molecule has 1 fully saturated rings. The number of ether oxygens (including phenoxy) is 1. The van der Waals surface area contributed by atoms with Gasteiger partial charge in [0, 0.05) is 13.7 Å². The molecule has 1 aromatic heterocycles. The fourth-order valence-corrected chi connectivity index (χ4v) is 2.81. The normalized spacial score (nSPS) is 20.7. The lowest BCUT2D eigenvalue weighted by Gasteiger charge is -2.23. The second kappa shape index (κ2) is 6.64. The van der Waals surface area contributed by atoms with Crippen molar-refractivity contribution in [2.24, 2.45) is 5.92 Å². The zero-order chi connectivity index (χ0) is 16.4. The lowest BCUT2D eigenvalue weighted by molar-refractivity contribution is -0.136. The Kier molecular flexibility index (Phi) is 4.58. The van der Waals surface area contributed by atoms with Gasteiger partial charge in [0.05, 0.1) is 23.6 Å². The quantitative estimate of drug-likeness (QED) is 0.856. The largest absolute Gasteiger partial charge is 0.373 e. The summed E-state index contributed by atoms with van der Waals surface area (Å²) in [7, 11) is 1.66. The highest BCUT2D eigenvalue weighted by Crippen LogP contribution is 2.36. The van der Waals surface area contributed by atoms with Crippen LogP contribution in [0.15, 0.2) is 29.1 Å². The lowest BCUT2D eigenvalue weighted by Crippen LogP contribution is -2.34. The molecule has 2 atom stereocenters. The van der Waals surface area contributed by atoms with Crippen LogP contribution in [0.4, 0.5) is 4.39 Å². The smallest absolute Gasteiger partial charge is 0.228 e. The van der Waals surface area contributed by atoms with E-state index in [0.29, 0.717) is 24.4 Å². The van der Waals surface area contributed by atoms with Gasteiger partial charge < -0.3 is 14.2 Å². The fourth-order valence-electron chi connectivity index (χ4n) is 2.70. The molecule has 23 heavy (non-hydrogen) atoms. The third-order valence-corrected chi connectivity index (χ3v) is 4.15. The summed E-state index contributed by atoms with van der Waals surface area (Å²) in [6.07, 6.45) is 1.30. The van der Waals surface area contributed by atoms with E-state index in [2.05, 4.69) is 14.7 Å². The Morgan fingerprint density at radius 3 is 3.04 bits per heavy atom. The molecule has 1 amide bonds. The predicted octanol–water partition coefficient (Wildman–Crippen LogP) is 2.60. The second-order valence-electron chi connectivity index (χ2n) is 5.40. The van der Waals surface area contributed by atoms with Gasteiger partial charge in [0.2, 0.25) is 12.3 Å². The average Bonchev–Trinajstić information content (AvgIpc) is 3.20. The molecular formula is C15H15ClFN3O3. The average molecular weight is 340 g/mol. The van der Waals surface area contributed by atoms with E-state index in [-0.39, 0.29) is 23.4 Å². The van der Waals surface area contributed by atoms with Crippen LogP contribution < -0.4 is 0 Å². The number of hydrogen-bond donors (Lipinski definition) is 0. The Balaban J connectivity index is 1.75. The van der Waals surface area contributed by atoms with Crippen molar-refractivity contribution in [3.63, 3.8) is 0 Å². The molecule has 1 aromatic carbocycles. The molecule has 1 saturated heterocycles. The van der Waals surface area contributed by atoms with Crippen LogP contribution in [0.2, 0.25) is 5.02 Å². The number of amides is 1. The van der Waals surface area contributed by atoms with Crippen molar-refractivity contribution in [2.75, 3.05) is 13.7 Å². The van der Waals surface area contributed by atoms with Gasteiger partial charge in [0.25, 0.3) is 0 Å². The molecule has 0 spiro atoms. The lowest BCUT2D eigenvalue weighted by atomic mass is 9.94. The monoisotopic (exact) mass is 339 g/mol. The summed E-state index contributed by atoms with van der Waals surface area (Å²) < 4.78 is 24.0. The van der Waals surface area contributed by atoms with E-state index in [1.807, 2.05) is 0 Å². The summed E-state index contributed by atoms with van der Waals surface area (Å²) >= 11 is 5.70. The number of rotatable bonds is 4. The minimum atomic E-state index is -0.522. The van der Waals surface area contributed by atoms with Crippen molar-refractivity contribution in [3.05, 3.63) is 46.8 Å². The van der Waals surface area contributed by atoms with Crippen molar-refractivity contribution in [2.45, 2.75) is 19.1 Å². The van der Waals surface area contributed by atoms with Gasteiger partial charge in [-0.25, -0.2) is 4.39 Å². The van der Waals surface area contributed by atoms with Crippen molar-refractivity contribution >= 4 is 17.5 Å². The molecular weight excluding hydrogens is 325 g/mol. The molecule has 2 aromatic rings. The maximum atomic E-state index is 13.7. The molecule has 0 N–H and O–H groups in total. The minimum Gasteiger partial charge on any atom is -0.373 e. The van der Waals surface area contributed by atoms with Crippen LogP contribution in [-0.4, -0.2) is 34.6 Å². The van der Waals surface area contributed by atoms with Gasteiger partial charge in [-0.2, -0.15) is 4.98 Å². The van der Waals surface area contributed by atoms with E-state index < -0.39 is 11.9 Å². The third kappa shape index (κ3) is 3.35. The van der Waals surface area contributed by atoms with E-state index in [1.165, 1.54) is 23.4 Å². The summed E-state index contributed by atoms with van der Waals surface area (Å²) in [5.74, 6) is -0.583. The Hall–Kier alpha value is -1.99. The van der Waals surface area contributed by atoms with E-state index in [0.717, 1.165) is 0 Å². The number of carbonyl (C=O) groups excluding carboxylic acids is 1. The topological polar surface area (TPSA) is 68.5 Å². The molecule has 8 heteroatoms. The molecule has 1 aliphatic heterocycles. The standard InChI is InChI=1S/C15H15ClFN3O3/c1-20(7-13-18-8-23-19-13)15(21)10-4-5-22-14(10)9-2-3-11(16)12(17)6-9/h2-3,6,8,10,14H,4-5,7H2,1H3/t10-,14+/m1/s1. The van der Waals surface area contributed by atoms with Crippen LogP contribution in [-0.2, 0) is 16.1 Å². The highest BCUT2D eigenvalue weighted by molar-refractivity contribution is 6.30. The third-order valence-electron chi connectivity index (χ3n) is 3.84. The van der Waals surface area contributed by atoms with Gasteiger partial charge in [-0.1, -0.05) is 22.8 Å². The van der Waals surface area contributed by atoms with E-state index in [4.69, 9.17) is 16.3 Å². The number of halogens is 2. The van der Waals surface area contributed by atoms with Gasteiger partial charge in [-0.15, -0.1) is 0 Å². The van der Waals surface area contributed by atoms with Crippen LogP contribution in [0.5, 0.6) is 0 Å². The molecule has 1 aliphatic rings. The molecule has 0 saturated carbocycles. The molecule has 2 heterocycles. The highest BCUT2D eigenvalue weighted by Gasteiger charge is 2.37. The second-order valence-corrected chi connectivity index (χ2v) is 5.81.